The number of aliphatic hydroxyl groups is 1. The summed E-state index contributed by atoms with van der Waals surface area (Å²) in [5, 5.41) is 8.85. The summed E-state index contributed by atoms with van der Waals surface area (Å²) in [7, 11) is 0. The van der Waals surface area contributed by atoms with Gasteiger partial charge in [0.2, 0.25) is 0 Å². The van der Waals surface area contributed by atoms with Crippen LogP contribution in [0.5, 0.6) is 0 Å². The average Bonchev–Trinajstić information content (AvgIpc) is 2.79. The first kappa shape index (κ1) is 33.4. The largest absolute Gasteiger partial charge is 0.396 e. The zero-order valence-electron chi connectivity index (χ0n) is 24.5. The third-order valence-corrected chi connectivity index (χ3v) is 6.57. The highest BCUT2D eigenvalue weighted by atomic mass is 16.2. The van der Waals surface area contributed by atoms with Gasteiger partial charge in [-0.15, -0.1) is 0 Å². The Kier molecular flexibility index (Phi) is 21.8. The highest BCUT2D eigenvalue weighted by molar-refractivity contribution is 5.08. The van der Waals surface area contributed by atoms with E-state index in [0.717, 1.165) is 38.5 Å². The second kappa shape index (κ2) is 22.8. The van der Waals surface area contributed by atoms with Crippen molar-refractivity contribution in [2.24, 2.45) is 0 Å². The molecular formula is C34H58O. The minimum absolute atomic E-state index is 0.327. The van der Waals surface area contributed by atoms with Gasteiger partial charge in [0.15, 0.2) is 0 Å². The van der Waals surface area contributed by atoms with Gasteiger partial charge in [-0.2, -0.15) is 0 Å². The monoisotopic (exact) mass is 482 g/mol. The maximum atomic E-state index is 8.85. The second-order valence-corrected chi connectivity index (χ2v) is 10.8. The first-order valence-corrected chi connectivity index (χ1v) is 14.3. The number of unbranched alkanes of at least 4 members (excludes halogenated alkanes) is 3. The molecule has 0 aromatic rings. The predicted molar refractivity (Wildman–Crippen MR) is 160 cm³/mol. The van der Waals surface area contributed by atoms with E-state index < -0.39 is 0 Å². The minimum Gasteiger partial charge on any atom is -0.396 e. The van der Waals surface area contributed by atoms with Gasteiger partial charge in [0, 0.05) is 6.61 Å². The van der Waals surface area contributed by atoms with E-state index in [1.54, 1.807) is 0 Å². The van der Waals surface area contributed by atoms with E-state index in [-0.39, 0.29) is 0 Å². The summed E-state index contributed by atoms with van der Waals surface area (Å²) in [6, 6.07) is 0. The highest BCUT2D eigenvalue weighted by Crippen LogP contribution is 2.15. The van der Waals surface area contributed by atoms with Crippen molar-refractivity contribution < 1.29 is 5.11 Å². The molecule has 0 aromatic carbocycles. The van der Waals surface area contributed by atoms with Gasteiger partial charge < -0.3 is 5.11 Å². The first-order chi connectivity index (χ1) is 16.7. The molecule has 0 fully saturated rings. The average molecular weight is 483 g/mol. The van der Waals surface area contributed by atoms with Gasteiger partial charge in [-0.3, -0.25) is 0 Å². The van der Waals surface area contributed by atoms with E-state index in [2.05, 4.69) is 84.9 Å². The van der Waals surface area contributed by atoms with Crippen molar-refractivity contribution in [2.75, 3.05) is 6.61 Å². The van der Waals surface area contributed by atoms with Crippen LogP contribution in [-0.2, 0) is 0 Å². The summed E-state index contributed by atoms with van der Waals surface area (Å²) in [6.07, 6.45) is 30.6. The quantitative estimate of drug-likeness (QED) is 0.135. The van der Waals surface area contributed by atoms with Crippen LogP contribution >= 0.6 is 0 Å². The topological polar surface area (TPSA) is 20.2 Å². The second-order valence-electron chi connectivity index (χ2n) is 10.8. The third-order valence-electron chi connectivity index (χ3n) is 6.57. The van der Waals surface area contributed by atoms with Crippen molar-refractivity contribution in [1.29, 1.82) is 0 Å². The summed E-state index contributed by atoms with van der Waals surface area (Å²) in [4.78, 5) is 0. The molecule has 0 unspecified atom stereocenters. The maximum absolute atomic E-state index is 8.85. The summed E-state index contributed by atoms with van der Waals surface area (Å²) in [5.41, 5.74) is 9.01. The van der Waals surface area contributed by atoms with Crippen molar-refractivity contribution in [1.82, 2.24) is 0 Å². The molecule has 1 nitrogen and oxygen atoms in total. The fourth-order valence-electron chi connectivity index (χ4n) is 4.09. The Morgan fingerprint density at radius 2 is 0.743 bits per heavy atom. The molecule has 200 valence electrons. The Balaban J connectivity index is 4.06. The molecule has 1 heteroatoms. The zero-order valence-corrected chi connectivity index (χ0v) is 24.5. The lowest BCUT2D eigenvalue weighted by Crippen LogP contribution is -1.85. The summed E-state index contributed by atoms with van der Waals surface area (Å²) < 4.78 is 0. The van der Waals surface area contributed by atoms with Crippen LogP contribution in [0.25, 0.3) is 0 Å². The van der Waals surface area contributed by atoms with Crippen LogP contribution in [-0.4, -0.2) is 11.7 Å². The summed E-state index contributed by atoms with van der Waals surface area (Å²) in [6.45, 7) is 16.0. The summed E-state index contributed by atoms with van der Waals surface area (Å²) in [5.74, 6) is 0. The molecule has 0 amide bonds. The standard InChI is InChI=1S/C34H58O/c1-29(2)17-13-21-33(6)25-15-23-31(4)19-10-11-20-32(5)24-16-27-34(7)26-14-22-30(3)18-9-8-12-28-35/h17,19-20,22,25,27,35H,8-16,18,21,23-24,26,28H2,1-7H3. The Morgan fingerprint density at radius 1 is 0.400 bits per heavy atom. The molecule has 1 N–H and O–H groups in total. The Morgan fingerprint density at radius 3 is 1.11 bits per heavy atom. The molecule has 0 bridgehead atoms. The Bertz CT molecular complexity index is 720. The molecule has 0 saturated heterocycles. The Labute approximate surface area is 219 Å². The van der Waals surface area contributed by atoms with E-state index in [1.165, 1.54) is 84.8 Å². The number of hydrogen-bond donors (Lipinski definition) is 1. The highest BCUT2D eigenvalue weighted by Gasteiger charge is 1.95. The van der Waals surface area contributed by atoms with Gasteiger partial charge in [-0.1, -0.05) is 76.3 Å². The molecule has 35 heavy (non-hydrogen) atoms. The van der Waals surface area contributed by atoms with Gasteiger partial charge in [0.1, 0.15) is 0 Å². The van der Waals surface area contributed by atoms with E-state index in [1.807, 2.05) is 0 Å². The first-order valence-electron chi connectivity index (χ1n) is 14.3. The molecule has 0 spiro atoms. The van der Waals surface area contributed by atoms with Gasteiger partial charge in [0.05, 0.1) is 0 Å². The molecule has 0 aliphatic carbocycles. The normalized spacial score (nSPS) is 14.0. The zero-order chi connectivity index (χ0) is 26.3. The summed E-state index contributed by atoms with van der Waals surface area (Å²) >= 11 is 0. The SMILES string of the molecule is CC(C)=CCCC(C)=CCCC(C)=CCCC=C(C)CCC=C(C)CCC=C(C)CCCCCO. The Hall–Kier alpha value is -1.60. The van der Waals surface area contributed by atoms with Crippen molar-refractivity contribution in [2.45, 2.75) is 138 Å². The fraction of sp³-hybridized carbons (Fsp3) is 0.647. The van der Waals surface area contributed by atoms with Crippen LogP contribution in [0.2, 0.25) is 0 Å². The van der Waals surface area contributed by atoms with Crippen LogP contribution in [0.15, 0.2) is 69.9 Å². The van der Waals surface area contributed by atoms with Gasteiger partial charge >= 0.3 is 0 Å². The van der Waals surface area contributed by atoms with Crippen molar-refractivity contribution in [3.63, 3.8) is 0 Å². The number of hydrogen-bond acceptors (Lipinski definition) is 1. The molecule has 0 aliphatic heterocycles. The fourth-order valence-corrected chi connectivity index (χ4v) is 4.09. The molecule has 0 saturated carbocycles. The molecule has 0 aromatic heterocycles. The van der Waals surface area contributed by atoms with Gasteiger partial charge in [-0.25, -0.2) is 0 Å². The lowest BCUT2D eigenvalue weighted by atomic mass is 10.0. The van der Waals surface area contributed by atoms with E-state index in [0.29, 0.717) is 6.61 Å². The molecule has 0 radical (unpaired) electrons. The molecular weight excluding hydrogens is 424 g/mol. The van der Waals surface area contributed by atoms with E-state index >= 15 is 0 Å². The predicted octanol–water partition coefficient (Wildman–Crippen LogP) is 11.1. The van der Waals surface area contributed by atoms with Crippen molar-refractivity contribution >= 4 is 0 Å². The van der Waals surface area contributed by atoms with Gasteiger partial charge in [-0.05, 0) is 132 Å². The van der Waals surface area contributed by atoms with E-state index in [4.69, 9.17) is 5.11 Å². The van der Waals surface area contributed by atoms with Crippen LogP contribution in [0.3, 0.4) is 0 Å². The van der Waals surface area contributed by atoms with E-state index in [9.17, 15) is 0 Å². The van der Waals surface area contributed by atoms with Crippen LogP contribution in [0.1, 0.15) is 138 Å². The van der Waals surface area contributed by atoms with Crippen LogP contribution in [0, 0.1) is 0 Å². The lowest BCUT2D eigenvalue weighted by Gasteiger charge is -2.03. The van der Waals surface area contributed by atoms with Crippen molar-refractivity contribution in [3.8, 4) is 0 Å². The smallest absolute Gasteiger partial charge is 0.0431 e. The maximum Gasteiger partial charge on any atom is 0.0431 e. The third kappa shape index (κ3) is 23.9. The molecule has 0 atom stereocenters. The minimum atomic E-state index is 0.327. The molecule has 0 aliphatic rings. The number of rotatable bonds is 20. The van der Waals surface area contributed by atoms with Gasteiger partial charge in [0.25, 0.3) is 0 Å². The molecule has 0 heterocycles. The van der Waals surface area contributed by atoms with Crippen molar-refractivity contribution in [3.05, 3.63) is 69.9 Å². The number of aliphatic hydroxyl groups excluding tert-OH is 1. The molecule has 0 rings (SSSR count). The number of allylic oxidation sites excluding steroid dienone is 12. The van der Waals surface area contributed by atoms with Crippen LogP contribution in [0.4, 0.5) is 0 Å². The van der Waals surface area contributed by atoms with Crippen LogP contribution < -0.4 is 0 Å². The lowest BCUT2D eigenvalue weighted by molar-refractivity contribution is 0.283.